The van der Waals surface area contributed by atoms with Gasteiger partial charge in [-0.2, -0.15) is 0 Å². The molecule has 0 aliphatic rings. The quantitative estimate of drug-likeness (QED) is 0.477. The highest BCUT2D eigenvalue weighted by molar-refractivity contribution is 9.11. The third-order valence-electron chi connectivity index (χ3n) is 1.82. The number of ether oxygens (including phenoxy) is 1. The van der Waals surface area contributed by atoms with Crippen molar-refractivity contribution in [1.82, 2.24) is 5.43 Å². The van der Waals surface area contributed by atoms with E-state index >= 15 is 0 Å². The largest absolute Gasteiger partial charge is 0.379 e. The van der Waals surface area contributed by atoms with E-state index in [2.05, 4.69) is 39.7 Å². The summed E-state index contributed by atoms with van der Waals surface area (Å²) in [7, 11) is 0. The molecule has 0 amide bonds. The molecule has 5 heteroatoms. The Morgan fingerprint density at radius 2 is 2.50 bits per heavy atom. The molecular formula is C9H15BrN2OS. The zero-order valence-electron chi connectivity index (χ0n) is 8.13. The molecule has 80 valence electrons. The van der Waals surface area contributed by atoms with Gasteiger partial charge in [0.05, 0.1) is 16.4 Å². The summed E-state index contributed by atoms with van der Waals surface area (Å²) < 4.78 is 6.56. The lowest BCUT2D eigenvalue weighted by molar-refractivity contribution is 0.112. The van der Waals surface area contributed by atoms with Gasteiger partial charge in [0.25, 0.3) is 0 Å². The van der Waals surface area contributed by atoms with Crippen molar-refractivity contribution in [3.05, 3.63) is 20.8 Å². The molecule has 1 aromatic heterocycles. The molecule has 0 aliphatic carbocycles. The first-order chi connectivity index (χ1) is 6.77. The first-order valence-electron chi connectivity index (χ1n) is 4.55. The van der Waals surface area contributed by atoms with Gasteiger partial charge >= 0.3 is 0 Å². The third kappa shape index (κ3) is 3.67. The molecule has 1 rings (SSSR count). The zero-order chi connectivity index (χ0) is 10.4. The molecule has 14 heavy (non-hydrogen) atoms. The standard InChI is InChI=1S/C9H15BrN2OS/c1-2-3-13-5-8(12-11)7-4-9(10)14-6-7/h4,6,8,12H,2-3,5,11H2,1H3. The Kier molecular flexibility index (Phi) is 5.66. The second-order valence-electron chi connectivity index (χ2n) is 2.98. The lowest BCUT2D eigenvalue weighted by Crippen LogP contribution is -2.31. The maximum Gasteiger partial charge on any atom is 0.0702 e. The minimum Gasteiger partial charge on any atom is -0.379 e. The fraction of sp³-hybridized carbons (Fsp3) is 0.556. The summed E-state index contributed by atoms with van der Waals surface area (Å²) in [5.74, 6) is 5.46. The van der Waals surface area contributed by atoms with Crippen molar-refractivity contribution in [2.45, 2.75) is 19.4 Å². The molecule has 0 radical (unpaired) electrons. The first kappa shape index (κ1) is 12.1. The maximum atomic E-state index is 5.46. The van der Waals surface area contributed by atoms with Crippen LogP contribution in [0.25, 0.3) is 0 Å². The van der Waals surface area contributed by atoms with Crippen LogP contribution in [0, 0.1) is 0 Å². The summed E-state index contributed by atoms with van der Waals surface area (Å²) in [5.41, 5.74) is 3.92. The number of hydrazine groups is 1. The Labute approximate surface area is 96.7 Å². The highest BCUT2D eigenvalue weighted by Gasteiger charge is 2.10. The van der Waals surface area contributed by atoms with Crippen molar-refractivity contribution in [3.8, 4) is 0 Å². The number of rotatable bonds is 6. The summed E-state index contributed by atoms with van der Waals surface area (Å²) in [4.78, 5) is 0. The predicted octanol–water partition coefficient (Wildman–Crippen LogP) is 2.44. The van der Waals surface area contributed by atoms with Gasteiger partial charge in [0.15, 0.2) is 0 Å². The number of nitrogens with two attached hydrogens (primary N) is 1. The normalized spacial score (nSPS) is 13.1. The highest BCUT2D eigenvalue weighted by Crippen LogP contribution is 2.25. The predicted molar refractivity (Wildman–Crippen MR) is 63.2 cm³/mol. The fourth-order valence-corrected chi connectivity index (χ4v) is 2.32. The summed E-state index contributed by atoms with van der Waals surface area (Å²) in [6.07, 6.45) is 1.03. The van der Waals surface area contributed by atoms with Crippen LogP contribution in [0.1, 0.15) is 24.9 Å². The van der Waals surface area contributed by atoms with Crippen LogP contribution in [0.15, 0.2) is 15.2 Å². The lowest BCUT2D eigenvalue weighted by atomic mass is 10.2. The van der Waals surface area contributed by atoms with Gasteiger partial charge in [0.2, 0.25) is 0 Å². The number of hydrogen-bond acceptors (Lipinski definition) is 4. The van der Waals surface area contributed by atoms with E-state index in [0.29, 0.717) is 6.61 Å². The summed E-state index contributed by atoms with van der Waals surface area (Å²) in [6, 6.07) is 2.15. The molecule has 0 bridgehead atoms. The van der Waals surface area contributed by atoms with Crippen molar-refractivity contribution in [2.24, 2.45) is 5.84 Å². The Bertz CT molecular complexity index is 267. The van der Waals surface area contributed by atoms with Crippen molar-refractivity contribution in [1.29, 1.82) is 0 Å². The van der Waals surface area contributed by atoms with Crippen LogP contribution >= 0.6 is 27.3 Å². The Balaban J connectivity index is 2.45. The minimum atomic E-state index is 0.0871. The average Bonchev–Trinajstić information content (AvgIpc) is 2.60. The van der Waals surface area contributed by atoms with Crippen molar-refractivity contribution in [2.75, 3.05) is 13.2 Å². The number of thiophene rings is 1. The third-order valence-corrected chi connectivity index (χ3v) is 3.35. The van der Waals surface area contributed by atoms with Gasteiger partial charge in [0, 0.05) is 6.61 Å². The van der Waals surface area contributed by atoms with Crippen molar-refractivity contribution in [3.63, 3.8) is 0 Å². The van der Waals surface area contributed by atoms with E-state index in [9.17, 15) is 0 Å². The Hall–Kier alpha value is 0.0600. The van der Waals surface area contributed by atoms with Gasteiger partial charge in [0.1, 0.15) is 0 Å². The molecule has 3 nitrogen and oxygen atoms in total. The average molecular weight is 279 g/mol. The zero-order valence-corrected chi connectivity index (χ0v) is 10.5. The van der Waals surface area contributed by atoms with E-state index in [-0.39, 0.29) is 6.04 Å². The molecule has 0 fully saturated rings. The monoisotopic (exact) mass is 278 g/mol. The van der Waals surface area contributed by atoms with Crippen LogP contribution in [0.2, 0.25) is 0 Å². The molecular weight excluding hydrogens is 264 g/mol. The van der Waals surface area contributed by atoms with Crippen LogP contribution < -0.4 is 11.3 Å². The van der Waals surface area contributed by atoms with E-state index in [1.807, 2.05) is 0 Å². The van der Waals surface area contributed by atoms with E-state index in [1.165, 1.54) is 5.56 Å². The fourth-order valence-electron chi connectivity index (χ4n) is 1.09. The van der Waals surface area contributed by atoms with Gasteiger partial charge in [-0.15, -0.1) is 11.3 Å². The lowest BCUT2D eigenvalue weighted by Gasteiger charge is -2.14. The number of nitrogens with one attached hydrogen (secondary N) is 1. The molecule has 1 atom stereocenters. The molecule has 3 N–H and O–H groups in total. The van der Waals surface area contributed by atoms with E-state index < -0.39 is 0 Å². The second-order valence-corrected chi connectivity index (χ2v) is 5.27. The van der Waals surface area contributed by atoms with E-state index in [1.54, 1.807) is 11.3 Å². The van der Waals surface area contributed by atoms with Crippen LogP contribution in [0.4, 0.5) is 0 Å². The highest BCUT2D eigenvalue weighted by atomic mass is 79.9. The molecule has 1 heterocycles. The number of halogens is 1. The van der Waals surface area contributed by atoms with Gasteiger partial charge in [-0.05, 0) is 39.4 Å². The molecule has 0 saturated carbocycles. The minimum absolute atomic E-state index is 0.0871. The van der Waals surface area contributed by atoms with Crippen LogP contribution in [-0.2, 0) is 4.74 Å². The molecule has 1 aromatic rings. The Morgan fingerprint density at radius 1 is 1.71 bits per heavy atom. The maximum absolute atomic E-state index is 5.46. The SMILES string of the molecule is CCCOCC(NN)c1csc(Br)c1. The molecule has 0 aromatic carbocycles. The summed E-state index contributed by atoms with van der Waals surface area (Å²) in [6.45, 7) is 3.49. The summed E-state index contributed by atoms with van der Waals surface area (Å²) in [5, 5.41) is 2.07. The molecule has 0 spiro atoms. The molecule has 0 saturated heterocycles. The Morgan fingerprint density at radius 3 is 3.00 bits per heavy atom. The van der Waals surface area contributed by atoms with E-state index in [4.69, 9.17) is 10.6 Å². The second kappa shape index (κ2) is 6.53. The first-order valence-corrected chi connectivity index (χ1v) is 6.23. The molecule has 0 aliphatic heterocycles. The van der Waals surface area contributed by atoms with E-state index in [0.717, 1.165) is 16.8 Å². The van der Waals surface area contributed by atoms with Gasteiger partial charge in [-0.25, -0.2) is 0 Å². The van der Waals surface area contributed by atoms with Crippen LogP contribution in [0.5, 0.6) is 0 Å². The van der Waals surface area contributed by atoms with Gasteiger partial charge in [-0.1, -0.05) is 6.92 Å². The van der Waals surface area contributed by atoms with Gasteiger partial charge in [-0.3, -0.25) is 11.3 Å². The molecule has 1 unspecified atom stereocenters. The van der Waals surface area contributed by atoms with Crippen molar-refractivity contribution >= 4 is 27.3 Å². The number of hydrogen-bond donors (Lipinski definition) is 2. The topological polar surface area (TPSA) is 47.3 Å². The van der Waals surface area contributed by atoms with Crippen LogP contribution in [0.3, 0.4) is 0 Å². The van der Waals surface area contributed by atoms with Gasteiger partial charge < -0.3 is 4.74 Å². The van der Waals surface area contributed by atoms with Crippen LogP contribution in [-0.4, -0.2) is 13.2 Å². The van der Waals surface area contributed by atoms with Crippen molar-refractivity contribution < 1.29 is 4.74 Å². The summed E-state index contributed by atoms with van der Waals surface area (Å²) >= 11 is 5.07. The smallest absolute Gasteiger partial charge is 0.0702 e.